The van der Waals surface area contributed by atoms with Gasteiger partial charge in [-0.2, -0.15) is 0 Å². The second kappa shape index (κ2) is 4.48. The molecule has 0 unspecified atom stereocenters. The Kier molecular flexibility index (Phi) is 3.22. The second-order valence-electron chi connectivity index (χ2n) is 3.54. The fourth-order valence-corrected chi connectivity index (χ4v) is 2.23. The molecule has 1 aliphatic rings. The normalized spacial score (nSPS) is 29.5. The van der Waals surface area contributed by atoms with Gasteiger partial charge in [-0.05, 0) is 4.92 Å². The molecular weight excluding hydrogens is 282 g/mol. The Morgan fingerprint density at radius 2 is 2.56 bits per heavy atom. The number of nitrogens with zero attached hydrogens (tertiary/aromatic N) is 2. The standard InChI is InChI=1S/C8H10BrN3O4/c9-2-7-5(13)1-6(16-7)4-3-10-8(11-4)12(14)15/h3,5-7,13H,1-2H2,(H,10,11)/t5-,6+,7+/m0/s1. The summed E-state index contributed by atoms with van der Waals surface area (Å²) in [5, 5.41) is 20.6. The zero-order valence-corrected chi connectivity index (χ0v) is 9.75. The minimum Gasteiger partial charge on any atom is -0.390 e. The van der Waals surface area contributed by atoms with Crippen molar-refractivity contribution in [3.63, 3.8) is 0 Å². The molecule has 0 saturated carbocycles. The summed E-state index contributed by atoms with van der Waals surface area (Å²) in [4.78, 5) is 16.0. The van der Waals surface area contributed by atoms with Crippen molar-refractivity contribution in [2.24, 2.45) is 0 Å². The highest BCUT2D eigenvalue weighted by Crippen LogP contribution is 2.33. The highest BCUT2D eigenvalue weighted by molar-refractivity contribution is 9.09. The predicted octanol–water partition coefficient (Wildman–Crippen LogP) is 0.904. The monoisotopic (exact) mass is 291 g/mol. The third kappa shape index (κ3) is 2.08. The molecule has 2 heterocycles. The van der Waals surface area contributed by atoms with Crippen LogP contribution in [0.25, 0.3) is 0 Å². The lowest BCUT2D eigenvalue weighted by atomic mass is 10.1. The molecule has 1 fully saturated rings. The van der Waals surface area contributed by atoms with Crippen LogP contribution in [0.5, 0.6) is 0 Å². The number of nitro groups is 1. The van der Waals surface area contributed by atoms with E-state index in [-0.39, 0.29) is 18.2 Å². The van der Waals surface area contributed by atoms with E-state index in [9.17, 15) is 15.2 Å². The number of aliphatic hydroxyl groups is 1. The molecule has 0 aromatic carbocycles. The van der Waals surface area contributed by atoms with E-state index in [1.54, 1.807) is 0 Å². The topological polar surface area (TPSA) is 101 Å². The molecule has 0 amide bonds. The zero-order valence-electron chi connectivity index (χ0n) is 8.17. The zero-order chi connectivity index (χ0) is 11.7. The van der Waals surface area contributed by atoms with Crippen LogP contribution in [0.3, 0.4) is 0 Å². The van der Waals surface area contributed by atoms with Crippen LogP contribution in [-0.2, 0) is 4.74 Å². The maximum Gasteiger partial charge on any atom is 0.432 e. The second-order valence-corrected chi connectivity index (χ2v) is 4.19. The fraction of sp³-hybridized carbons (Fsp3) is 0.625. The summed E-state index contributed by atoms with van der Waals surface area (Å²) >= 11 is 3.23. The van der Waals surface area contributed by atoms with Crippen molar-refractivity contribution < 1.29 is 14.8 Å². The van der Waals surface area contributed by atoms with Crippen LogP contribution in [0.1, 0.15) is 18.2 Å². The highest BCUT2D eigenvalue weighted by atomic mass is 79.9. The molecule has 0 bridgehead atoms. The molecule has 8 heteroatoms. The van der Waals surface area contributed by atoms with Gasteiger partial charge >= 0.3 is 5.95 Å². The smallest absolute Gasteiger partial charge is 0.390 e. The molecule has 7 nitrogen and oxygen atoms in total. The Labute approximate surface area is 99.1 Å². The molecule has 2 rings (SSSR count). The summed E-state index contributed by atoms with van der Waals surface area (Å²) in [5.74, 6) is -0.310. The summed E-state index contributed by atoms with van der Waals surface area (Å²) in [7, 11) is 0. The molecule has 88 valence electrons. The number of ether oxygens (including phenoxy) is 1. The number of aromatic amines is 1. The van der Waals surface area contributed by atoms with E-state index >= 15 is 0 Å². The van der Waals surface area contributed by atoms with Gasteiger partial charge in [-0.1, -0.05) is 20.9 Å². The molecule has 1 aromatic rings. The van der Waals surface area contributed by atoms with E-state index in [1.807, 2.05) is 0 Å². The maximum atomic E-state index is 10.4. The Hall–Kier alpha value is -0.990. The van der Waals surface area contributed by atoms with E-state index in [2.05, 4.69) is 25.9 Å². The lowest BCUT2D eigenvalue weighted by Gasteiger charge is -2.09. The van der Waals surface area contributed by atoms with Crippen LogP contribution in [0, 0.1) is 10.1 Å². The molecule has 0 aliphatic carbocycles. The van der Waals surface area contributed by atoms with Crippen molar-refractivity contribution in [3.8, 4) is 0 Å². The minimum absolute atomic E-state index is 0.285. The number of imidazole rings is 1. The number of H-pyrrole nitrogens is 1. The van der Waals surface area contributed by atoms with Crippen LogP contribution in [0.2, 0.25) is 0 Å². The number of aromatic nitrogens is 2. The van der Waals surface area contributed by atoms with Crippen molar-refractivity contribution in [1.82, 2.24) is 9.97 Å². The Morgan fingerprint density at radius 1 is 1.81 bits per heavy atom. The Morgan fingerprint density at radius 3 is 3.06 bits per heavy atom. The highest BCUT2D eigenvalue weighted by Gasteiger charge is 2.36. The lowest BCUT2D eigenvalue weighted by molar-refractivity contribution is -0.393. The van der Waals surface area contributed by atoms with Gasteiger partial charge in [0.15, 0.2) is 0 Å². The van der Waals surface area contributed by atoms with Crippen LogP contribution < -0.4 is 0 Å². The van der Waals surface area contributed by atoms with Gasteiger partial charge in [-0.25, -0.2) is 4.98 Å². The van der Waals surface area contributed by atoms with Crippen molar-refractivity contribution in [2.75, 3.05) is 5.33 Å². The summed E-state index contributed by atoms with van der Waals surface area (Å²) in [6.45, 7) is 0. The van der Waals surface area contributed by atoms with Crippen LogP contribution in [0.15, 0.2) is 6.20 Å². The maximum absolute atomic E-state index is 10.4. The Bertz CT molecular complexity index is 396. The van der Waals surface area contributed by atoms with E-state index in [4.69, 9.17) is 4.74 Å². The third-order valence-electron chi connectivity index (χ3n) is 2.48. The number of hydrogen-bond donors (Lipinski definition) is 2. The van der Waals surface area contributed by atoms with Gasteiger partial charge in [0.25, 0.3) is 0 Å². The number of aliphatic hydroxyl groups excluding tert-OH is 1. The Balaban J connectivity index is 2.11. The summed E-state index contributed by atoms with van der Waals surface area (Å²) in [6, 6.07) is 0. The first-order valence-corrected chi connectivity index (χ1v) is 5.82. The van der Waals surface area contributed by atoms with Gasteiger partial charge in [0.1, 0.15) is 18.0 Å². The largest absolute Gasteiger partial charge is 0.432 e. The van der Waals surface area contributed by atoms with Gasteiger partial charge in [0, 0.05) is 11.8 Å². The van der Waals surface area contributed by atoms with Gasteiger partial charge in [-0.15, -0.1) is 0 Å². The molecular formula is C8H10BrN3O4. The molecule has 3 atom stereocenters. The van der Waals surface area contributed by atoms with Crippen molar-refractivity contribution in [3.05, 3.63) is 22.0 Å². The first kappa shape index (κ1) is 11.5. The van der Waals surface area contributed by atoms with Crippen LogP contribution >= 0.6 is 15.9 Å². The number of halogens is 1. The van der Waals surface area contributed by atoms with Crippen molar-refractivity contribution in [2.45, 2.75) is 24.7 Å². The number of hydrogen-bond acceptors (Lipinski definition) is 5. The molecule has 1 aromatic heterocycles. The third-order valence-corrected chi connectivity index (χ3v) is 3.12. The average molecular weight is 292 g/mol. The summed E-state index contributed by atoms with van der Waals surface area (Å²) in [5.41, 5.74) is 0.522. The minimum atomic E-state index is -0.600. The molecule has 0 radical (unpaired) electrons. The van der Waals surface area contributed by atoms with Gasteiger partial charge in [0.05, 0.1) is 12.2 Å². The molecule has 0 spiro atoms. The molecule has 1 aliphatic heterocycles. The van der Waals surface area contributed by atoms with E-state index in [0.717, 1.165) is 0 Å². The van der Waals surface area contributed by atoms with Crippen LogP contribution in [0.4, 0.5) is 5.95 Å². The molecule has 16 heavy (non-hydrogen) atoms. The molecule has 2 N–H and O–H groups in total. The van der Waals surface area contributed by atoms with Crippen molar-refractivity contribution >= 4 is 21.9 Å². The van der Waals surface area contributed by atoms with Gasteiger partial charge in [-0.3, -0.25) is 0 Å². The fourth-order valence-electron chi connectivity index (χ4n) is 1.65. The van der Waals surface area contributed by atoms with E-state index in [1.165, 1.54) is 6.20 Å². The quantitative estimate of drug-likeness (QED) is 0.489. The van der Waals surface area contributed by atoms with Gasteiger partial charge < -0.3 is 20.0 Å². The first-order chi connectivity index (χ1) is 7.61. The lowest BCUT2D eigenvalue weighted by Crippen LogP contribution is -2.21. The summed E-state index contributed by atoms with van der Waals surface area (Å²) in [6.07, 6.45) is 0.569. The van der Waals surface area contributed by atoms with Gasteiger partial charge in [0.2, 0.25) is 0 Å². The SMILES string of the molecule is O=[N+]([O-])c1ncc([C@H]2C[C@H](O)[C@@H](CBr)O2)[nH]1. The van der Waals surface area contributed by atoms with Crippen molar-refractivity contribution in [1.29, 1.82) is 0 Å². The number of nitrogens with one attached hydrogen (secondary N) is 1. The number of alkyl halides is 1. The van der Waals surface area contributed by atoms with Crippen LogP contribution in [-0.4, -0.2) is 37.5 Å². The van der Waals surface area contributed by atoms with E-state index in [0.29, 0.717) is 17.4 Å². The van der Waals surface area contributed by atoms with E-state index < -0.39 is 11.0 Å². The number of rotatable bonds is 3. The predicted molar refractivity (Wildman–Crippen MR) is 57.3 cm³/mol. The average Bonchev–Trinajstić information content (AvgIpc) is 2.83. The first-order valence-electron chi connectivity index (χ1n) is 4.70. The molecule has 1 saturated heterocycles. The summed E-state index contributed by atoms with van der Waals surface area (Å²) < 4.78 is 5.51.